The highest BCUT2D eigenvalue weighted by atomic mass is 14.6. The van der Waals surface area contributed by atoms with Crippen LogP contribution in [0.5, 0.6) is 0 Å². The van der Waals surface area contributed by atoms with E-state index in [0.29, 0.717) is 0 Å². The lowest BCUT2D eigenvalue weighted by atomic mass is 9.93. The second-order valence-electron chi connectivity index (χ2n) is 4.20. The van der Waals surface area contributed by atoms with E-state index in [1.807, 2.05) is 0 Å². The first-order valence-electron chi connectivity index (χ1n) is 5.68. The van der Waals surface area contributed by atoms with Crippen LogP contribution in [0, 0.1) is 13.8 Å². The smallest absolute Gasteiger partial charge is 0.0300 e. The molecule has 0 saturated heterocycles. The second-order valence-corrected chi connectivity index (χ2v) is 4.20. The molecule has 0 saturated carbocycles. The summed E-state index contributed by atoms with van der Waals surface area (Å²) in [6.07, 6.45) is 3.22. The molecule has 4 N–H and O–H groups in total. The van der Waals surface area contributed by atoms with Gasteiger partial charge in [-0.15, -0.1) is 0 Å². The molecule has 0 fully saturated rings. The average molecular weight is 206 g/mol. The quantitative estimate of drug-likeness (QED) is 0.727. The fourth-order valence-electron chi connectivity index (χ4n) is 2.07. The molecule has 0 aliphatic carbocycles. The van der Waals surface area contributed by atoms with Crippen LogP contribution in [0.3, 0.4) is 0 Å². The Kier molecular flexibility index (Phi) is 4.79. The Labute approximate surface area is 92.7 Å². The third kappa shape index (κ3) is 3.33. The Morgan fingerprint density at radius 3 is 2.27 bits per heavy atom. The van der Waals surface area contributed by atoms with Gasteiger partial charge in [0.25, 0.3) is 0 Å². The van der Waals surface area contributed by atoms with Gasteiger partial charge >= 0.3 is 0 Å². The molecule has 0 unspecified atom stereocenters. The highest BCUT2D eigenvalue weighted by molar-refractivity contribution is 5.35. The van der Waals surface area contributed by atoms with Crippen LogP contribution in [0.15, 0.2) is 18.2 Å². The van der Waals surface area contributed by atoms with E-state index >= 15 is 0 Å². The van der Waals surface area contributed by atoms with E-state index in [0.717, 1.165) is 25.8 Å². The zero-order valence-electron chi connectivity index (χ0n) is 9.79. The summed E-state index contributed by atoms with van der Waals surface area (Å²) in [4.78, 5) is 0. The molecule has 1 atom stereocenters. The van der Waals surface area contributed by atoms with Gasteiger partial charge in [-0.25, -0.2) is 0 Å². The van der Waals surface area contributed by atoms with Gasteiger partial charge in [0.2, 0.25) is 0 Å². The summed E-state index contributed by atoms with van der Waals surface area (Å²) in [5.74, 6) is 0. The van der Waals surface area contributed by atoms with E-state index in [-0.39, 0.29) is 6.04 Å². The van der Waals surface area contributed by atoms with Crippen molar-refractivity contribution in [1.29, 1.82) is 0 Å². The van der Waals surface area contributed by atoms with E-state index < -0.39 is 0 Å². The molecule has 84 valence electrons. The molecule has 0 spiro atoms. The largest absolute Gasteiger partial charge is 0.330 e. The van der Waals surface area contributed by atoms with Gasteiger partial charge in [-0.3, -0.25) is 0 Å². The van der Waals surface area contributed by atoms with Crippen LogP contribution in [-0.2, 0) is 0 Å². The number of benzene rings is 1. The zero-order chi connectivity index (χ0) is 11.3. The predicted molar refractivity (Wildman–Crippen MR) is 65.7 cm³/mol. The summed E-state index contributed by atoms with van der Waals surface area (Å²) in [5.41, 5.74) is 15.6. The first kappa shape index (κ1) is 12.2. The number of unbranched alkanes of at least 4 members (excludes halogenated alkanes) is 1. The van der Waals surface area contributed by atoms with Crippen molar-refractivity contribution in [3.63, 3.8) is 0 Å². The van der Waals surface area contributed by atoms with Crippen LogP contribution in [0.4, 0.5) is 0 Å². The van der Waals surface area contributed by atoms with Crippen molar-refractivity contribution in [1.82, 2.24) is 0 Å². The molecule has 15 heavy (non-hydrogen) atoms. The molecule has 2 nitrogen and oxygen atoms in total. The highest BCUT2D eigenvalue weighted by Crippen LogP contribution is 2.23. The molecule has 0 aromatic heterocycles. The molecule has 1 rings (SSSR count). The topological polar surface area (TPSA) is 52.0 Å². The first-order valence-corrected chi connectivity index (χ1v) is 5.68. The first-order chi connectivity index (χ1) is 7.16. The summed E-state index contributed by atoms with van der Waals surface area (Å²) >= 11 is 0. The number of hydrogen-bond acceptors (Lipinski definition) is 2. The van der Waals surface area contributed by atoms with Crippen molar-refractivity contribution in [2.45, 2.75) is 39.2 Å². The minimum absolute atomic E-state index is 0.165. The Morgan fingerprint density at radius 1 is 1.13 bits per heavy atom. The van der Waals surface area contributed by atoms with Crippen LogP contribution in [0.25, 0.3) is 0 Å². The van der Waals surface area contributed by atoms with Crippen molar-refractivity contribution < 1.29 is 0 Å². The number of hydrogen-bond donors (Lipinski definition) is 2. The van der Waals surface area contributed by atoms with Gasteiger partial charge in [0.1, 0.15) is 0 Å². The van der Waals surface area contributed by atoms with Crippen LogP contribution in [-0.4, -0.2) is 6.54 Å². The molecular weight excluding hydrogens is 184 g/mol. The van der Waals surface area contributed by atoms with Crippen LogP contribution >= 0.6 is 0 Å². The predicted octanol–water partition coefficient (Wildman–Crippen LogP) is 2.43. The zero-order valence-corrected chi connectivity index (χ0v) is 9.79. The lowest BCUT2D eigenvalue weighted by Crippen LogP contribution is -2.14. The fraction of sp³-hybridized carbons (Fsp3) is 0.538. The van der Waals surface area contributed by atoms with Gasteiger partial charge in [-0.1, -0.05) is 24.6 Å². The van der Waals surface area contributed by atoms with Crippen molar-refractivity contribution in [2.75, 3.05) is 6.54 Å². The van der Waals surface area contributed by atoms with E-state index in [9.17, 15) is 0 Å². The van der Waals surface area contributed by atoms with Gasteiger partial charge in [0, 0.05) is 6.04 Å². The Balaban J connectivity index is 2.68. The highest BCUT2D eigenvalue weighted by Gasteiger charge is 2.10. The minimum Gasteiger partial charge on any atom is -0.330 e. The maximum absolute atomic E-state index is 6.20. The van der Waals surface area contributed by atoms with Crippen LogP contribution in [0.2, 0.25) is 0 Å². The summed E-state index contributed by atoms with van der Waals surface area (Å²) in [7, 11) is 0. The van der Waals surface area contributed by atoms with Crippen molar-refractivity contribution in [2.24, 2.45) is 11.5 Å². The van der Waals surface area contributed by atoms with Gasteiger partial charge in [0.15, 0.2) is 0 Å². The van der Waals surface area contributed by atoms with Crippen LogP contribution in [0.1, 0.15) is 42.0 Å². The summed E-state index contributed by atoms with van der Waals surface area (Å²) in [5, 5.41) is 0. The number of rotatable bonds is 5. The molecule has 0 aliphatic rings. The monoisotopic (exact) mass is 206 g/mol. The van der Waals surface area contributed by atoms with Crippen molar-refractivity contribution in [3.8, 4) is 0 Å². The van der Waals surface area contributed by atoms with E-state index in [4.69, 9.17) is 11.5 Å². The van der Waals surface area contributed by atoms with Gasteiger partial charge < -0.3 is 11.5 Å². The molecule has 1 aromatic carbocycles. The number of aryl methyl sites for hydroxylation is 2. The van der Waals surface area contributed by atoms with Gasteiger partial charge in [-0.05, 0) is 49.9 Å². The maximum atomic E-state index is 6.20. The van der Waals surface area contributed by atoms with Crippen molar-refractivity contribution in [3.05, 3.63) is 34.9 Å². The third-order valence-corrected chi connectivity index (χ3v) is 2.88. The molecule has 0 radical (unpaired) electrons. The van der Waals surface area contributed by atoms with Crippen molar-refractivity contribution >= 4 is 0 Å². The summed E-state index contributed by atoms with van der Waals surface area (Å²) < 4.78 is 0. The summed E-state index contributed by atoms with van der Waals surface area (Å²) in [6.45, 7) is 5.02. The normalized spacial score (nSPS) is 12.8. The minimum atomic E-state index is 0.165. The molecule has 0 amide bonds. The van der Waals surface area contributed by atoms with Gasteiger partial charge in [0.05, 0.1) is 0 Å². The molecular formula is C13H22N2. The maximum Gasteiger partial charge on any atom is 0.0300 e. The molecule has 0 bridgehead atoms. The van der Waals surface area contributed by atoms with E-state index in [1.54, 1.807) is 0 Å². The SMILES string of the molecule is Cc1cccc(C)c1[C@H](N)CCCCN. The Bertz CT molecular complexity index is 287. The molecule has 2 heteroatoms. The lowest BCUT2D eigenvalue weighted by molar-refractivity contribution is 0.586. The van der Waals surface area contributed by atoms with Gasteiger partial charge in [-0.2, -0.15) is 0 Å². The average Bonchev–Trinajstić information content (AvgIpc) is 2.18. The fourth-order valence-corrected chi connectivity index (χ4v) is 2.07. The van der Waals surface area contributed by atoms with Crippen LogP contribution < -0.4 is 11.5 Å². The summed E-state index contributed by atoms with van der Waals surface area (Å²) in [6, 6.07) is 6.51. The Hall–Kier alpha value is -0.860. The second kappa shape index (κ2) is 5.89. The van der Waals surface area contributed by atoms with E-state index in [2.05, 4.69) is 32.0 Å². The molecule has 0 aliphatic heterocycles. The molecule has 0 heterocycles. The molecule has 1 aromatic rings. The lowest BCUT2D eigenvalue weighted by Gasteiger charge is -2.17. The Morgan fingerprint density at radius 2 is 1.73 bits per heavy atom. The number of nitrogens with two attached hydrogens (primary N) is 2. The third-order valence-electron chi connectivity index (χ3n) is 2.88. The standard InChI is InChI=1S/C13H22N2/c1-10-6-5-7-11(2)13(10)12(15)8-3-4-9-14/h5-7,12H,3-4,8-9,14-15H2,1-2H3/t12-/m1/s1. The van der Waals surface area contributed by atoms with E-state index in [1.165, 1.54) is 16.7 Å².